The smallest absolute Gasteiger partial charge is 0.341 e. The van der Waals surface area contributed by atoms with E-state index in [0.717, 1.165) is 17.5 Å². The Labute approximate surface area is 138 Å². The van der Waals surface area contributed by atoms with Gasteiger partial charge in [-0.15, -0.1) is 11.3 Å². The van der Waals surface area contributed by atoms with Crippen molar-refractivity contribution in [1.82, 2.24) is 0 Å². The van der Waals surface area contributed by atoms with Crippen LogP contribution in [-0.4, -0.2) is 19.0 Å². The lowest BCUT2D eigenvalue weighted by Crippen LogP contribution is -2.13. The van der Waals surface area contributed by atoms with Gasteiger partial charge in [-0.2, -0.15) is 0 Å². The number of ether oxygens (including phenoxy) is 1. The number of rotatable bonds is 5. The number of nitrogens with one attached hydrogen (secondary N) is 1. The molecule has 1 aromatic carbocycles. The van der Waals surface area contributed by atoms with Crippen LogP contribution < -0.4 is 5.32 Å². The molecule has 4 nitrogen and oxygen atoms in total. The van der Waals surface area contributed by atoms with Gasteiger partial charge in [0, 0.05) is 22.4 Å². The average molecular weight is 338 g/mol. The lowest BCUT2D eigenvalue weighted by molar-refractivity contribution is -0.116. The Morgan fingerprint density at radius 2 is 1.95 bits per heavy atom. The standard InChI is InChI=1S/C16H16ClNO3S/c1-3-4-13(19)18-15-14(16(20)21-2)12(9-22-15)10-5-7-11(17)8-6-10/h5-9H,3-4H2,1-2H3,(H,18,19). The summed E-state index contributed by atoms with van der Waals surface area (Å²) in [7, 11) is 1.32. The van der Waals surface area contributed by atoms with E-state index in [0.29, 0.717) is 22.0 Å². The van der Waals surface area contributed by atoms with Crippen molar-refractivity contribution in [2.75, 3.05) is 12.4 Å². The first kappa shape index (κ1) is 16.5. The second-order valence-corrected chi connectivity index (χ2v) is 5.97. The summed E-state index contributed by atoms with van der Waals surface area (Å²) < 4.78 is 4.85. The number of halogens is 1. The highest BCUT2D eigenvalue weighted by molar-refractivity contribution is 7.15. The topological polar surface area (TPSA) is 55.4 Å². The molecule has 6 heteroatoms. The number of carbonyl (C=O) groups excluding carboxylic acids is 2. The van der Waals surface area contributed by atoms with E-state index in [1.54, 1.807) is 12.1 Å². The fourth-order valence-corrected chi connectivity index (χ4v) is 3.11. The zero-order valence-electron chi connectivity index (χ0n) is 12.3. The monoisotopic (exact) mass is 337 g/mol. The fraction of sp³-hybridized carbons (Fsp3) is 0.250. The molecule has 0 spiro atoms. The number of thiophene rings is 1. The molecule has 0 fully saturated rings. The van der Waals surface area contributed by atoms with Gasteiger partial charge in [0.2, 0.25) is 5.91 Å². The highest BCUT2D eigenvalue weighted by atomic mass is 35.5. The van der Waals surface area contributed by atoms with Crippen LogP contribution in [0.3, 0.4) is 0 Å². The van der Waals surface area contributed by atoms with Crippen LogP contribution in [0.2, 0.25) is 5.02 Å². The van der Waals surface area contributed by atoms with Crippen molar-refractivity contribution in [2.45, 2.75) is 19.8 Å². The van der Waals surface area contributed by atoms with Gasteiger partial charge in [-0.3, -0.25) is 4.79 Å². The third-order valence-electron chi connectivity index (χ3n) is 3.07. The highest BCUT2D eigenvalue weighted by Gasteiger charge is 2.22. The molecule has 0 bridgehead atoms. The van der Waals surface area contributed by atoms with E-state index in [-0.39, 0.29) is 5.91 Å². The molecule has 1 aromatic heterocycles. The van der Waals surface area contributed by atoms with Gasteiger partial charge in [0.25, 0.3) is 0 Å². The van der Waals surface area contributed by atoms with E-state index in [9.17, 15) is 9.59 Å². The van der Waals surface area contributed by atoms with Crippen LogP contribution in [0.15, 0.2) is 29.6 Å². The number of benzene rings is 1. The van der Waals surface area contributed by atoms with Gasteiger partial charge in [0.1, 0.15) is 10.6 Å². The Balaban J connectivity index is 2.42. The van der Waals surface area contributed by atoms with E-state index in [2.05, 4.69) is 5.32 Å². The van der Waals surface area contributed by atoms with E-state index in [1.807, 2.05) is 24.4 Å². The summed E-state index contributed by atoms with van der Waals surface area (Å²) in [5.74, 6) is -0.588. The largest absolute Gasteiger partial charge is 0.465 e. The van der Waals surface area contributed by atoms with E-state index >= 15 is 0 Å². The SMILES string of the molecule is CCCC(=O)Nc1scc(-c2ccc(Cl)cc2)c1C(=O)OC. The van der Waals surface area contributed by atoms with Gasteiger partial charge in [0.05, 0.1) is 7.11 Å². The van der Waals surface area contributed by atoms with Crippen molar-refractivity contribution in [3.05, 3.63) is 40.2 Å². The van der Waals surface area contributed by atoms with Crippen LogP contribution in [0.4, 0.5) is 5.00 Å². The third-order valence-corrected chi connectivity index (χ3v) is 4.21. The van der Waals surface area contributed by atoms with Crippen LogP contribution in [-0.2, 0) is 9.53 Å². The minimum Gasteiger partial charge on any atom is -0.465 e. The normalized spacial score (nSPS) is 10.3. The molecule has 2 aromatic rings. The summed E-state index contributed by atoms with van der Waals surface area (Å²) in [4.78, 5) is 23.9. The molecule has 0 aliphatic heterocycles. The number of hydrogen-bond acceptors (Lipinski definition) is 4. The first-order chi connectivity index (χ1) is 10.6. The van der Waals surface area contributed by atoms with Gasteiger partial charge in [-0.1, -0.05) is 30.7 Å². The molecule has 0 unspecified atom stereocenters. The van der Waals surface area contributed by atoms with E-state index in [4.69, 9.17) is 16.3 Å². The first-order valence-corrected chi connectivity index (χ1v) is 8.08. The van der Waals surface area contributed by atoms with Crippen molar-refractivity contribution < 1.29 is 14.3 Å². The Kier molecular flexibility index (Phi) is 5.57. The van der Waals surface area contributed by atoms with E-state index in [1.165, 1.54) is 18.4 Å². The number of amides is 1. The van der Waals surface area contributed by atoms with Crippen molar-refractivity contribution in [3.8, 4) is 11.1 Å². The summed E-state index contributed by atoms with van der Waals surface area (Å²) in [6.07, 6.45) is 1.16. The predicted octanol–water partition coefficient (Wildman–Crippen LogP) is 4.59. The molecule has 0 saturated carbocycles. The lowest BCUT2D eigenvalue weighted by atomic mass is 10.0. The number of hydrogen-bond donors (Lipinski definition) is 1. The molecule has 0 aliphatic carbocycles. The van der Waals surface area contributed by atoms with Crippen molar-refractivity contribution in [2.24, 2.45) is 0 Å². The molecule has 2 rings (SSSR count). The minimum atomic E-state index is -0.474. The number of carbonyl (C=O) groups is 2. The molecule has 1 amide bonds. The second-order valence-electron chi connectivity index (χ2n) is 4.65. The van der Waals surface area contributed by atoms with Crippen LogP contribution in [0, 0.1) is 0 Å². The van der Waals surface area contributed by atoms with Gasteiger partial charge < -0.3 is 10.1 Å². The molecule has 0 saturated heterocycles. The predicted molar refractivity (Wildman–Crippen MR) is 89.6 cm³/mol. The molecule has 0 aliphatic rings. The Bertz CT molecular complexity index is 679. The summed E-state index contributed by atoms with van der Waals surface area (Å²) >= 11 is 7.20. The molecular weight excluding hydrogens is 322 g/mol. The molecular formula is C16H16ClNO3S. The Hall–Kier alpha value is -1.85. The zero-order valence-corrected chi connectivity index (χ0v) is 13.9. The van der Waals surface area contributed by atoms with Crippen LogP contribution in [0.1, 0.15) is 30.1 Å². The molecule has 1 N–H and O–H groups in total. The van der Waals surface area contributed by atoms with Crippen molar-refractivity contribution >= 4 is 39.8 Å². The van der Waals surface area contributed by atoms with Gasteiger partial charge in [0.15, 0.2) is 0 Å². The molecule has 0 atom stereocenters. The number of methoxy groups -OCH3 is 1. The Morgan fingerprint density at radius 1 is 1.27 bits per heavy atom. The molecule has 0 radical (unpaired) electrons. The maximum Gasteiger partial charge on any atom is 0.341 e. The van der Waals surface area contributed by atoms with Crippen molar-refractivity contribution in [3.63, 3.8) is 0 Å². The second kappa shape index (κ2) is 7.42. The highest BCUT2D eigenvalue weighted by Crippen LogP contribution is 2.36. The third kappa shape index (κ3) is 3.67. The van der Waals surface area contributed by atoms with Gasteiger partial charge in [-0.25, -0.2) is 4.79 Å². The van der Waals surface area contributed by atoms with Gasteiger partial charge in [-0.05, 0) is 24.1 Å². The fourth-order valence-electron chi connectivity index (χ4n) is 2.01. The van der Waals surface area contributed by atoms with Crippen LogP contribution >= 0.6 is 22.9 Å². The van der Waals surface area contributed by atoms with Crippen LogP contribution in [0.25, 0.3) is 11.1 Å². The summed E-state index contributed by atoms with van der Waals surface area (Å²) in [6, 6.07) is 7.17. The summed E-state index contributed by atoms with van der Waals surface area (Å²) in [5.41, 5.74) is 1.94. The quantitative estimate of drug-likeness (QED) is 0.811. The molecule has 1 heterocycles. The van der Waals surface area contributed by atoms with Crippen molar-refractivity contribution in [1.29, 1.82) is 0 Å². The first-order valence-electron chi connectivity index (χ1n) is 6.82. The minimum absolute atomic E-state index is 0.114. The summed E-state index contributed by atoms with van der Waals surface area (Å²) in [6.45, 7) is 1.92. The van der Waals surface area contributed by atoms with Crippen LogP contribution in [0.5, 0.6) is 0 Å². The number of esters is 1. The molecule has 22 heavy (non-hydrogen) atoms. The average Bonchev–Trinajstić information content (AvgIpc) is 2.91. The van der Waals surface area contributed by atoms with Gasteiger partial charge >= 0.3 is 5.97 Å². The zero-order chi connectivity index (χ0) is 16.1. The van der Waals surface area contributed by atoms with E-state index < -0.39 is 5.97 Å². The Morgan fingerprint density at radius 3 is 2.55 bits per heavy atom. The maximum absolute atomic E-state index is 12.1. The maximum atomic E-state index is 12.1. The lowest BCUT2D eigenvalue weighted by Gasteiger charge is -2.07. The molecule has 116 valence electrons. The number of anilines is 1. The summed E-state index contributed by atoms with van der Waals surface area (Å²) in [5, 5.41) is 5.74.